The number of piperazine rings is 1. The maximum Gasteiger partial charge on any atom is 0.0448 e. The van der Waals surface area contributed by atoms with E-state index in [-0.39, 0.29) is 0 Å². The summed E-state index contributed by atoms with van der Waals surface area (Å²) in [6.07, 6.45) is 0. The Morgan fingerprint density at radius 3 is 2.32 bits per heavy atom. The third-order valence-electron chi connectivity index (χ3n) is 4.09. The summed E-state index contributed by atoms with van der Waals surface area (Å²) in [6, 6.07) is 12.6. The first-order chi connectivity index (χ1) is 9.29. The summed E-state index contributed by atoms with van der Waals surface area (Å²) in [4.78, 5) is 4.98. The average Bonchev–Trinajstić information content (AvgIpc) is 2.48. The fourth-order valence-corrected chi connectivity index (χ4v) is 2.89. The van der Waals surface area contributed by atoms with Crippen LogP contribution in [-0.2, 0) is 0 Å². The number of nitrogens with two attached hydrogens (primary N) is 1. The highest BCUT2D eigenvalue weighted by molar-refractivity contribution is 6.01. The minimum absolute atomic E-state index is 0.867. The van der Waals surface area contributed by atoms with Crippen molar-refractivity contribution >= 4 is 22.1 Å². The molecule has 0 radical (unpaired) electrons. The van der Waals surface area contributed by atoms with Crippen molar-refractivity contribution in [2.24, 2.45) is 0 Å². The van der Waals surface area contributed by atoms with Crippen molar-refractivity contribution < 1.29 is 0 Å². The van der Waals surface area contributed by atoms with Crippen LogP contribution in [0.3, 0.4) is 0 Å². The van der Waals surface area contributed by atoms with Crippen molar-refractivity contribution in [2.75, 3.05) is 43.4 Å². The highest BCUT2D eigenvalue weighted by atomic mass is 15.3. The summed E-state index contributed by atoms with van der Waals surface area (Å²) < 4.78 is 0. The van der Waals surface area contributed by atoms with E-state index in [9.17, 15) is 0 Å². The number of anilines is 2. The van der Waals surface area contributed by atoms with Gasteiger partial charge in [-0.3, -0.25) is 0 Å². The lowest BCUT2D eigenvalue weighted by Gasteiger charge is -2.36. The fraction of sp³-hybridized carbons (Fsp3) is 0.375. The van der Waals surface area contributed by atoms with Crippen LogP contribution in [0, 0.1) is 0 Å². The van der Waals surface area contributed by atoms with Gasteiger partial charge in [0.2, 0.25) is 0 Å². The van der Waals surface area contributed by atoms with E-state index in [0.29, 0.717) is 0 Å². The zero-order chi connectivity index (χ0) is 13.2. The number of hydrogen-bond donors (Lipinski definition) is 1. The molecule has 2 aromatic rings. The van der Waals surface area contributed by atoms with Gasteiger partial charge in [-0.15, -0.1) is 0 Å². The third-order valence-corrected chi connectivity index (χ3v) is 4.09. The molecule has 19 heavy (non-hydrogen) atoms. The topological polar surface area (TPSA) is 32.5 Å². The van der Waals surface area contributed by atoms with Gasteiger partial charge in [0.25, 0.3) is 0 Å². The van der Waals surface area contributed by atoms with Crippen LogP contribution >= 0.6 is 0 Å². The summed E-state index contributed by atoms with van der Waals surface area (Å²) in [6.45, 7) is 7.87. The van der Waals surface area contributed by atoms with E-state index in [2.05, 4.69) is 47.1 Å². The first kappa shape index (κ1) is 12.3. The molecule has 1 fully saturated rings. The van der Waals surface area contributed by atoms with E-state index in [1.165, 1.54) is 11.1 Å². The first-order valence-corrected chi connectivity index (χ1v) is 7.04. The van der Waals surface area contributed by atoms with E-state index in [1.807, 2.05) is 6.07 Å². The molecule has 2 aromatic carbocycles. The zero-order valence-corrected chi connectivity index (χ0v) is 11.5. The van der Waals surface area contributed by atoms with E-state index >= 15 is 0 Å². The quantitative estimate of drug-likeness (QED) is 0.837. The smallest absolute Gasteiger partial charge is 0.0448 e. The van der Waals surface area contributed by atoms with Gasteiger partial charge in [-0.2, -0.15) is 0 Å². The molecule has 1 aliphatic rings. The van der Waals surface area contributed by atoms with Gasteiger partial charge in [-0.05, 0) is 18.7 Å². The highest BCUT2D eigenvalue weighted by Crippen LogP contribution is 2.31. The Morgan fingerprint density at radius 2 is 1.63 bits per heavy atom. The summed E-state index contributed by atoms with van der Waals surface area (Å²) >= 11 is 0. The van der Waals surface area contributed by atoms with Gasteiger partial charge >= 0.3 is 0 Å². The summed E-state index contributed by atoms with van der Waals surface area (Å²) in [5, 5.41) is 2.44. The molecule has 0 bridgehead atoms. The molecular formula is C16H21N3. The molecule has 0 saturated carbocycles. The van der Waals surface area contributed by atoms with Gasteiger partial charge < -0.3 is 15.5 Å². The van der Waals surface area contributed by atoms with Crippen LogP contribution in [0.15, 0.2) is 36.4 Å². The van der Waals surface area contributed by atoms with Crippen LogP contribution in [0.4, 0.5) is 11.4 Å². The lowest BCUT2D eigenvalue weighted by atomic mass is 10.1. The first-order valence-electron chi connectivity index (χ1n) is 7.04. The average molecular weight is 255 g/mol. The molecule has 3 heteroatoms. The van der Waals surface area contributed by atoms with E-state index in [1.54, 1.807) is 0 Å². The largest absolute Gasteiger partial charge is 0.398 e. The Kier molecular flexibility index (Phi) is 3.30. The Labute approximate surface area is 114 Å². The Hall–Kier alpha value is -1.74. The number of benzene rings is 2. The number of likely N-dealkylation sites (N-methyl/N-ethyl adjacent to an activating group) is 1. The molecule has 1 saturated heterocycles. The van der Waals surface area contributed by atoms with Crippen LogP contribution in [0.5, 0.6) is 0 Å². The molecule has 0 aliphatic carbocycles. The van der Waals surface area contributed by atoms with Crippen molar-refractivity contribution in [3.8, 4) is 0 Å². The van der Waals surface area contributed by atoms with Gasteiger partial charge in [0.05, 0.1) is 0 Å². The maximum atomic E-state index is 6.07. The molecular weight excluding hydrogens is 234 g/mol. The predicted molar refractivity (Wildman–Crippen MR) is 82.7 cm³/mol. The molecule has 2 N–H and O–H groups in total. The van der Waals surface area contributed by atoms with Crippen molar-refractivity contribution in [2.45, 2.75) is 6.92 Å². The van der Waals surface area contributed by atoms with Crippen molar-refractivity contribution in [1.82, 2.24) is 4.90 Å². The number of nitrogens with zero attached hydrogens (tertiary/aromatic N) is 2. The van der Waals surface area contributed by atoms with Crippen LogP contribution < -0.4 is 10.6 Å². The maximum absolute atomic E-state index is 6.07. The van der Waals surface area contributed by atoms with Gasteiger partial charge in [-0.25, -0.2) is 0 Å². The predicted octanol–water partition coefficient (Wildman–Crippen LogP) is 2.56. The number of fused-ring (bicyclic) bond motifs is 1. The number of hydrogen-bond acceptors (Lipinski definition) is 3. The number of rotatable bonds is 2. The summed E-state index contributed by atoms with van der Waals surface area (Å²) in [5.74, 6) is 0. The van der Waals surface area contributed by atoms with Crippen LogP contribution in [-0.4, -0.2) is 37.6 Å². The van der Waals surface area contributed by atoms with Gasteiger partial charge in [0, 0.05) is 48.3 Å². The molecule has 0 spiro atoms. The van der Waals surface area contributed by atoms with Gasteiger partial charge in [-0.1, -0.05) is 31.2 Å². The minimum Gasteiger partial charge on any atom is -0.398 e. The lowest BCUT2D eigenvalue weighted by Crippen LogP contribution is -2.46. The second-order valence-corrected chi connectivity index (χ2v) is 5.14. The molecule has 3 nitrogen and oxygen atoms in total. The highest BCUT2D eigenvalue weighted by Gasteiger charge is 2.17. The van der Waals surface area contributed by atoms with Gasteiger partial charge in [0.1, 0.15) is 0 Å². The van der Waals surface area contributed by atoms with E-state index in [4.69, 9.17) is 5.73 Å². The van der Waals surface area contributed by atoms with E-state index < -0.39 is 0 Å². The minimum atomic E-state index is 0.867. The fourth-order valence-electron chi connectivity index (χ4n) is 2.89. The molecule has 1 heterocycles. The monoisotopic (exact) mass is 255 g/mol. The Morgan fingerprint density at radius 1 is 0.947 bits per heavy atom. The second-order valence-electron chi connectivity index (χ2n) is 5.14. The standard InChI is InChI=1S/C16H21N3/c1-2-18-9-11-19(12-10-18)16-8-7-15(17)13-5-3-4-6-14(13)16/h3-8H,2,9-12,17H2,1H3. The molecule has 0 amide bonds. The number of nitrogen functional groups attached to an aromatic ring is 1. The zero-order valence-electron chi connectivity index (χ0n) is 11.5. The van der Waals surface area contributed by atoms with Crippen LogP contribution in [0.2, 0.25) is 0 Å². The Balaban J connectivity index is 1.95. The molecule has 1 aliphatic heterocycles. The lowest BCUT2D eigenvalue weighted by molar-refractivity contribution is 0.271. The molecule has 0 atom stereocenters. The SMILES string of the molecule is CCN1CCN(c2ccc(N)c3ccccc23)CC1. The summed E-state index contributed by atoms with van der Waals surface area (Å²) in [5.41, 5.74) is 8.26. The summed E-state index contributed by atoms with van der Waals surface area (Å²) in [7, 11) is 0. The Bertz CT molecular complexity index is 571. The third kappa shape index (κ3) is 2.26. The van der Waals surface area contributed by atoms with E-state index in [0.717, 1.165) is 43.8 Å². The molecule has 0 unspecified atom stereocenters. The molecule has 100 valence electrons. The second kappa shape index (κ2) is 5.10. The molecule has 3 rings (SSSR count). The normalized spacial score (nSPS) is 17.0. The van der Waals surface area contributed by atoms with Crippen LogP contribution in [0.1, 0.15) is 6.92 Å². The van der Waals surface area contributed by atoms with Crippen molar-refractivity contribution in [3.05, 3.63) is 36.4 Å². The van der Waals surface area contributed by atoms with Crippen LogP contribution in [0.25, 0.3) is 10.8 Å². The molecule has 0 aromatic heterocycles. The van der Waals surface area contributed by atoms with Crippen molar-refractivity contribution in [1.29, 1.82) is 0 Å². The van der Waals surface area contributed by atoms with Crippen molar-refractivity contribution in [3.63, 3.8) is 0 Å². The van der Waals surface area contributed by atoms with Gasteiger partial charge in [0.15, 0.2) is 0 Å².